The Labute approximate surface area is 337 Å². The molecule has 0 N–H and O–H groups in total. The van der Waals surface area contributed by atoms with Gasteiger partial charge >= 0.3 is 0 Å². The van der Waals surface area contributed by atoms with Crippen LogP contribution < -0.4 is 4.90 Å². The van der Waals surface area contributed by atoms with Crippen molar-refractivity contribution >= 4 is 70.4 Å². The summed E-state index contributed by atoms with van der Waals surface area (Å²) in [6.07, 6.45) is 6.25. The van der Waals surface area contributed by atoms with Crippen molar-refractivity contribution in [2.24, 2.45) is 0 Å². The number of hydrogen-bond donors (Lipinski definition) is 0. The van der Waals surface area contributed by atoms with E-state index in [4.69, 9.17) is 0 Å². The van der Waals surface area contributed by atoms with E-state index in [1.807, 2.05) is 11.3 Å². The summed E-state index contributed by atoms with van der Waals surface area (Å²) in [5, 5.41) is 5.15. The van der Waals surface area contributed by atoms with Crippen molar-refractivity contribution in [3.8, 4) is 16.8 Å². The number of fused-ring (bicyclic) bond motifs is 6. The maximum Gasteiger partial charge on any atom is 0.0640 e. The lowest BCUT2D eigenvalue weighted by atomic mass is 9.65. The minimum Gasteiger partial charge on any atom is -0.309 e. The molecule has 0 atom stereocenters. The molecule has 57 heavy (non-hydrogen) atoms. The fraction of sp³-hybridized carbons (Fsp3) is 0.111. The Morgan fingerprint density at radius 2 is 1.04 bits per heavy atom. The molecule has 0 spiro atoms. The normalized spacial score (nSPS) is 14.1. The highest BCUT2D eigenvalue weighted by Crippen LogP contribution is 2.48. The van der Waals surface area contributed by atoms with E-state index in [0.717, 1.165) is 5.69 Å². The van der Waals surface area contributed by atoms with Gasteiger partial charge in [-0.2, -0.15) is 0 Å². The monoisotopic (exact) mass is 750 g/mol. The third-order valence-electron chi connectivity index (χ3n) is 12.5. The highest BCUT2D eigenvalue weighted by molar-refractivity contribution is 7.26. The van der Waals surface area contributed by atoms with Crippen LogP contribution in [0.5, 0.6) is 0 Å². The lowest BCUT2D eigenvalue weighted by Gasteiger charge is -2.39. The summed E-state index contributed by atoms with van der Waals surface area (Å²) in [7, 11) is 0. The van der Waals surface area contributed by atoms with Crippen LogP contribution in [0.2, 0.25) is 0 Å². The van der Waals surface area contributed by atoms with E-state index < -0.39 is 0 Å². The molecule has 1 aliphatic carbocycles. The van der Waals surface area contributed by atoms with Crippen LogP contribution >= 0.6 is 11.3 Å². The minimum absolute atomic E-state index is 0.0600. The van der Waals surface area contributed by atoms with Crippen molar-refractivity contribution in [2.45, 2.75) is 37.5 Å². The predicted molar refractivity (Wildman–Crippen MR) is 244 cm³/mol. The SMILES string of the molecule is c1ccc(-n2c3ccccc3c3cc(-c4ccc(N(c5ccc(C6(c7ccccc7)CCCCC6)cc5)c5cccc6c5sc5ccccc56)cc4)ccc32)cc1. The van der Waals surface area contributed by atoms with Crippen LogP contribution in [-0.4, -0.2) is 4.57 Å². The number of benzene rings is 8. The maximum absolute atomic E-state index is 2.47. The van der Waals surface area contributed by atoms with Crippen LogP contribution in [-0.2, 0) is 5.41 Å². The van der Waals surface area contributed by atoms with E-state index in [1.54, 1.807) is 0 Å². The average molecular weight is 751 g/mol. The molecule has 2 nitrogen and oxygen atoms in total. The lowest BCUT2D eigenvalue weighted by Crippen LogP contribution is -2.30. The van der Waals surface area contributed by atoms with Crippen molar-refractivity contribution in [1.29, 1.82) is 0 Å². The van der Waals surface area contributed by atoms with Gasteiger partial charge in [0, 0.05) is 48.7 Å². The molecule has 11 rings (SSSR count). The Kier molecular flexibility index (Phi) is 8.29. The molecule has 274 valence electrons. The number of aromatic nitrogens is 1. The zero-order valence-corrected chi connectivity index (χ0v) is 32.6. The first-order valence-electron chi connectivity index (χ1n) is 20.3. The molecule has 3 heteroatoms. The van der Waals surface area contributed by atoms with Gasteiger partial charge in [0.15, 0.2) is 0 Å². The van der Waals surface area contributed by atoms with E-state index >= 15 is 0 Å². The third-order valence-corrected chi connectivity index (χ3v) is 13.7. The highest BCUT2D eigenvalue weighted by Gasteiger charge is 2.35. The Hall–Kier alpha value is -6.42. The number of anilines is 3. The summed E-state index contributed by atoms with van der Waals surface area (Å²) >= 11 is 1.89. The van der Waals surface area contributed by atoms with Gasteiger partial charge in [-0.05, 0) is 102 Å². The van der Waals surface area contributed by atoms with Crippen LogP contribution in [0.25, 0.3) is 58.8 Å². The summed E-state index contributed by atoms with van der Waals surface area (Å²) in [6, 6.07) is 72.0. The average Bonchev–Trinajstić information content (AvgIpc) is 3.84. The first kappa shape index (κ1) is 33.9. The zero-order valence-electron chi connectivity index (χ0n) is 31.8. The molecule has 0 bridgehead atoms. The van der Waals surface area contributed by atoms with E-state index in [1.165, 1.54) is 113 Å². The van der Waals surface area contributed by atoms with Gasteiger partial charge in [0.05, 0.1) is 21.4 Å². The highest BCUT2D eigenvalue weighted by atomic mass is 32.1. The molecule has 2 heterocycles. The molecule has 8 aromatic carbocycles. The molecule has 0 saturated heterocycles. The van der Waals surface area contributed by atoms with Gasteiger partial charge in [-0.1, -0.05) is 147 Å². The fourth-order valence-electron chi connectivity index (χ4n) is 9.73. The molecule has 0 radical (unpaired) electrons. The lowest BCUT2D eigenvalue weighted by molar-refractivity contribution is 0.346. The van der Waals surface area contributed by atoms with Crippen LogP contribution in [0, 0.1) is 0 Å². The molecule has 0 aliphatic heterocycles. The van der Waals surface area contributed by atoms with Crippen molar-refractivity contribution < 1.29 is 0 Å². The van der Waals surface area contributed by atoms with E-state index in [9.17, 15) is 0 Å². The number of hydrogen-bond acceptors (Lipinski definition) is 2. The topological polar surface area (TPSA) is 8.17 Å². The smallest absolute Gasteiger partial charge is 0.0640 e. The molecule has 0 unspecified atom stereocenters. The van der Waals surface area contributed by atoms with Gasteiger partial charge in [0.1, 0.15) is 0 Å². The molecule has 1 aliphatic rings. The van der Waals surface area contributed by atoms with E-state index in [2.05, 4.69) is 204 Å². The third kappa shape index (κ3) is 5.68. The molecule has 1 fully saturated rings. The number of rotatable bonds is 7. The number of nitrogens with zero attached hydrogens (tertiary/aromatic N) is 2. The molecular formula is C54H42N2S. The second-order valence-corrected chi connectivity index (χ2v) is 16.7. The van der Waals surface area contributed by atoms with Crippen LogP contribution in [0.1, 0.15) is 43.2 Å². The molecule has 10 aromatic rings. The molecular weight excluding hydrogens is 709 g/mol. The van der Waals surface area contributed by atoms with Gasteiger partial charge in [0.25, 0.3) is 0 Å². The van der Waals surface area contributed by atoms with Crippen molar-refractivity contribution in [3.05, 3.63) is 205 Å². The number of para-hydroxylation sites is 2. The van der Waals surface area contributed by atoms with Crippen molar-refractivity contribution in [3.63, 3.8) is 0 Å². The van der Waals surface area contributed by atoms with Crippen LogP contribution in [0.15, 0.2) is 194 Å². The van der Waals surface area contributed by atoms with Gasteiger partial charge in [-0.25, -0.2) is 0 Å². The first-order chi connectivity index (χ1) is 28.2. The zero-order chi connectivity index (χ0) is 37.8. The van der Waals surface area contributed by atoms with Gasteiger partial charge < -0.3 is 9.47 Å². The van der Waals surface area contributed by atoms with E-state index in [-0.39, 0.29) is 5.41 Å². The second-order valence-electron chi connectivity index (χ2n) is 15.6. The molecule has 2 aromatic heterocycles. The first-order valence-corrected chi connectivity index (χ1v) is 21.1. The Balaban J connectivity index is 1.03. The fourth-order valence-corrected chi connectivity index (χ4v) is 10.9. The van der Waals surface area contributed by atoms with Gasteiger partial charge in [-0.15, -0.1) is 11.3 Å². The Morgan fingerprint density at radius 1 is 0.439 bits per heavy atom. The van der Waals surface area contributed by atoms with E-state index in [0.29, 0.717) is 0 Å². The summed E-state index contributed by atoms with van der Waals surface area (Å²) in [5.74, 6) is 0. The summed E-state index contributed by atoms with van der Waals surface area (Å²) < 4.78 is 5.00. The maximum atomic E-state index is 2.47. The Bertz CT molecular complexity index is 3020. The van der Waals surface area contributed by atoms with Gasteiger partial charge in [0.2, 0.25) is 0 Å². The largest absolute Gasteiger partial charge is 0.309 e. The van der Waals surface area contributed by atoms with Crippen molar-refractivity contribution in [1.82, 2.24) is 4.57 Å². The quantitative estimate of drug-likeness (QED) is 0.157. The molecule has 1 saturated carbocycles. The van der Waals surface area contributed by atoms with Gasteiger partial charge in [-0.3, -0.25) is 0 Å². The summed E-state index contributed by atoms with van der Waals surface area (Å²) in [4.78, 5) is 2.47. The van der Waals surface area contributed by atoms with Crippen LogP contribution in [0.3, 0.4) is 0 Å². The second kappa shape index (κ2) is 14.0. The summed E-state index contributed by atoms with van der Waals surface area (Å²) in [5.41, 5.74) is 12.5. The van der Waals surface area contributed by atoms with Crippen LogP contribution in [0.4, 0.5) is 17.1 Å². The number of thiophene rings is 1. The predicted octanol–water partition coefficient (Wildman–Crippen LogP) is 15.5. The standard InChI is InChI=1S/C54H42N2S/c1-4-15-40(16-5-1)54(35-12-3-13-36-54)41-28-32-44(33-29-41)55(51-23-14-21-47-46-20-9-11-24-52(46)57-53(47)51)43-30-25-38(26-31-43)39-27-34-50-48(37-39)45-19-8-10-22-49(45)56(50)42-17-6-2-7-18-42/h1-2,4-11,14-34,37H,3,12-13,35-36H2. The van der Waals surface area contributed by atoms with Crippen molar-refractivity contribution in [2.75, 3.05) is 4.90 Å². The molecule has 0 amide bonds. The summed E-state index contributed by atoms with van der Waals surface area (Å²) in [6.45, 7) is 0. The minimum atomic E-state index is 0.0600. The Morgan fingerprint density at radius 3 is 1.81 bits per heavy atom.